The Morgan fingerprint density at radius 2 is 2.00 bits per heavy atom. The largest absolute Gasteiger partial charge is 0.265 e. The molecule has 0 fully saturated rings. The van der Waals surface area contributed by atoms with Crippen LogP contribution >= 0.6 is 11.6 Å². The third kappa shape index (κ3) is 1.55. The van der Waals surface area contributed by atoms with Gasteiger partial charge in [-0.05, 0) is 19.4 Å². The summed E-state index contributed by atoms with van der Waals surface area (Å²) in [5, 5.41) is 0.0353. The number of aromatic nitrogens is 1. The molecule has 0 spiro atoms. The van der Waals surface area contributed by atoms with Gasteiger partial charge in [0, 0.05) is 17.5 Å². The van der Waals surface area contributed by atoms with E-state index in [-0.39, 0.29) is 10.6 Å². The number of hydrogen-bond donors (Lipinski definition) is 0. The van der Waals surface area contributed by atoms with Gasteiger partial charge in [0.2, 0.25) is 0 Å². The van der Waals surface area contributed by atoms with Crippen LogP contribution in [0.2, 0.25) is 5.02 Å². The van der Waals surface area contributed by atoms with Crippen LogP contribution in [0.3, 0.4) is 0 Å². The summed E-state index contributed by atoms with van der Waals surface area (Å²) >= 11 is 5.55. The van der Waals surface area contributed by atoms with Crippen molar-refractivity contribution in [2.75, 3.05) is 0 Å². The number of pyridine rings is 1. The summed E-state index contributed by atoms with van der Waals surface area (Å²) in [4.78, 5) is 3.86. The Morgan fingerprint density at radius 1 is 1.42 bits per heavy atom. The molecule has 0 bridgehead atoms. The van der Waals surface area contributed by atoms with Crippen molar-refractivity contribution < 1.29 is 8.78 Å². The first-order chi connectivity index (χ1) is 5.54. The maximum absolute atomic E-state index is 12.4. The standard InChI is InChI=1S/C8H8ClF2N/c1-4-5(2)12-3-6(9)7(4)8(10)11/h3,8H,1-2H3. The summed E-state index contributed by atoms with van der Waals surface area (Å²) in [6.45, 7) is 3.27. The first-order valence-corrected chi connectivity index (χ1v) is 3.81. The molecule has 0 saturated heterocycles. The number of halogens is 3. The molecule has 0 atom stereocenters. The van der Waals surface area contributed by atoms with Gasteiger partial charge in [-0.1, -0.05) is 11.6 Å². The van der Waals surface area contributed by atoms with E-state index >= 15 is 0 Å². The second-order valence-corrected chi connectivity index (χ2v) is 2.94. The van der Waals surface area contributed by atoms with Crippen LogP contribution in [0, 0.1) is 13.8 Å². The fourth-order valence-corrected chi connectivity index (χ4v) is 1.23. The minimum Gasteiger partial charge on any atom is -0.260 e. The molecule has 0 aromatic carbocycles. The molecule has 0 saturated carbocycles. The smallest absolute Gasteiger partial charge is 0.260 e. The molecule has 0 radical (unpaired) electrons. The molecule has 0 N–H and O–H groups in total. The molecule has 0 amide bonds. The van der Waals surface area contributed by atoms with E-state index in [1.165, 1.54) is 6.20 Å². The summed E-state index contributed by atoms with van der Waals surface area (Å²) in [7, 11) is 0. The van der Waals surface area contributed by atoms with Gasteiger partial charge in [0.25, 0.3) is 6.43 Å². The van der Waals surface area contributed by atoms with Crippen molar-refractivity contribution in [3.05, 3.63) is 28.0 Å². The molecule has 66 valence electrons. The average molecular weight is 192 g/mol. The SMILES string of the molecule is Cc1ncc(Cl)c(C(F)F)c1C. The van der Waals surface area contributed by atoms with Crippen molar-refractivity contribution >= 4 is 11.6 Å². The van der Waals surface area contributed by atoms with Gasteiger partial charge < -0.3 is 0 Å². The Labute approximate surface area is 74.4 Å². The van der Waals surface area contributed by atoms with Gasteiger partial charge in [-0.25, -0.2) is 8.78 Å². The Morgan fingerprint density at radius 3 is 2.42 bits per heavy atom. The molecule has 0 aliphatic carbocycles. The first kappa shape index (κ1) is 9.39. The Bertz CT molecular complexity index is 299. The van der Waals surface area contributed by atoms with Gasteiger partial charge in [-0.2, -0.15) is 0 Å². The predicted molar refractivity (Wildman–Crippen MR) is 43.7 cm³/mol. The van der Waals surface area contributed by atoms with Crippen LogP contribution in [0.5, 0.6) is 0 Å². The second kappa shape index (κ2) is 3.35. The molecule has 1 rings (SSSR count). The lowest BCUT2D eigenvalue weighted by Crippen LogP contribution is -1.96. The van der Waals surface area contributed by atoms with E-state index in [1.807, 2.05) is 0 Å². The van der Waals surface area contributed by atoms with E-state index in [0.29, 0.717) is 11.3 Å². The fourth-order valence-electron chi connectivity index (χ4n) is 0.962. The molecule has 1 nitrogen and oxygen atoms in total. The topological polar surface area (TPSA) is 12.9 Å². The highest BCUT2D eigenvalue weighted by molar-refractivity contribution is 6.31. The van der Waals surface area contributed by atoms with Crippen molar-refractivity contribution in [3.63, 3.8) is 0 Å². The molecular weight excluding hydrogens is 184 g/mol. The zero-order valence-electron chi connectivity index (χ0n) is 6.74. The Balaban J connectivity index is 3.33. The summed E-state index contributed by atoms with van der Waals surface area (Å²) in [6, 6.07) is 0. The van der Waals surface area contributed by atoms with E-state index in [1.54, 1.807) is 13.8 Å². The molecule has 0 unspecified atom stereocenters. The molecule has 0 aliphatic heterocycles. The lowest BCUT2D eigenvalue weighted by molar-refractivity contribution is 0.150. The zero-order chi connectivity index (χ0) is 9.30. The van der Waals surface area contributed by atoms with Crippen molar-refractivity contribution in [2.45, 2.75) is 20.3 Å². The van der Waals surface area contributed by atoms with Crippen LogP contribution < -0.4 is 0 Å². The normalized spacial score (nSPS) is 10.8. The lowest BCUT2D eigenvalue weighted by atomic mass is 10.1. The molecule has 4 heteroatoms. The molecule has 0 aliphatic rings. The molecule has 12 heavy (non-hydrogen) atoms. The predicted octanol–water partition coefficient (Wildman–Crippen LogP) is 3.29. The maximum Gasteiger partial charge on any atom is 0.265 e. The first-order valence-electron chi connectivity index (χ1n) is 3.43. The number of aryl methyl sites for hydroxylation is 1. The van der Waals surface area contributed by atoms with Crippen LogP contribution in [0.4, 0.5) is 8.78 Å². The summed E-state index contributed by atoms with van der Waals surface area (Å²) in [5.41, 5.74) is 0.955. The summed E-state index contributed by atoms with van der Waals surface area (Å²) < 4.78 is 24.7. The zero-order valence-corrected chi connectivity index (χ0v) is 7.49. The quantitative estimate of drug-likeness (QED) is 0.664. The third-order valence-electron chi connectivity index (χ3n) is 1.79. The van der Waals surface area contributed by atoms with Crippen molar-refractivity contribution in [3.8, 4) is 0 Å². The van der Waals surface area contributed by atoms with Crippen LogP contribution in [-0.2, 0) is 0 Å². The van der Waals surface area contributed by atoms with Crippen molar-refractivity contribution in [1.82, 2.24) is 4.98 Å². The van der Waals surface area contributed by atoms with Crippen LogP contribution in [0.1, 0.15) is 23.2 Å². The minimum absolute atomic E-state index is 0.0353. The van der Waals surface area contributed by atoms with Gasteiger partial charge in [0.1, 0.15) is 0 Å². The number of rotatable bonds is 1. The molecular formula is C8H8ClF2N. The van der Waals surface area contributed by atoms with Crippen LogP contribution in [-0.4, -0.2) is 4.98 Å². The van der Waals surface area contributed by atoms with E-state index in [2.05, 4.69) is 4.98 Å². The van der Waals surface area contributed by atoms with Gasteiger partial charge in [0.05, 0.1) is 5.02 Å². The number of alkyl halides is 2. The monoisotopic (exact) mass is 191 g/mol. The van der Waals surface area contributed by atoms with Gasteiger partial charge in [0.15, 0.2) is 0 Å². The highest BCUT2D eigenvalue weighted by atomic mass is 35.5. The lowest BCUT2D eigenvalue weighted by Gasteiger charge is -2.08. The fraction of sp³-hybridized carbons (Fsp3) is 0.375. The molecule has 1 heterocycles. The van der Waals surface area contributed by atoms with E-state index < -0.39 is 6.43 Å². The van der Waals surface area contributed by atoms with Gasteiger partial charge in [-0.3, -0.25) is 4.98 Å². The second-order valence-electron chi connectivity index (χ2n) is 2.53. The van der Waals surface area contributed by atoms with Gasteiger partial charge >= 0.3 is 0 Å². The van der Waals surface area contributed by atoms with Crippen molar-refractivity contribution in [2.24, 2.45) is 0 Å². The third-order valence-corrected chi connectivity index (χ3v) is 2.09. The van der Waals surface area contributed by atoms with E-state index in [0.717, 1.165) is 0 Å². The van der Waals surface area contributed by atoms with E-state index in [9.17, 15) is 8.78 Å². The Hall–Kier alpha value is -0.700. The maximum atomic E-state index is 12.4. The highest BCUT2D eigenvalue weighted by Crippen LogP contribution is 2.30. The summed E-state index contributed by atoms with van der Waals surface area (Å²) in [5.74, 6) is 0. The summed E-state index contributed by atoms with van der Waals surface area (Å²) in [6.07, 6.45) is -1.27. The Kier molecular flexibility index (Phi) is 2.62. The number of hydrogen-bond acceptors (Lipinski definition) is 1. The molecule has 1 aromatic heterocycles. The van der Waals surface area contributed by atoms with E-state index in [4.69, 9.17) is 11.6 Å². The highest BCUT2D eigenvalue weighted by Gasteiger charge is 2.16. The average Bonchev–Trinajstić information content (AvgIpc) is 1.97. The van der Waals surface area contributed by atoms with Crippen LogP contribution in [0.25, 0.3) is 0 Å². The van der Waals surface area contributed by atoms with Gasteiger partial charge in [-0.15, -0.1) is 0 Å². The van der Waals surface area contributed by atoms with Crippen molar-refractivity contribution in [1.29, 1.82) is 0 Å². The van der Waals surface area contributed by atoms with Crippen LogP contribution in [0.15, 0.2) is 6.20 Å². The minimum atomic E-state index is -2.53. The molecule has 1 aromatic rings. The number of nitrogens with zero attached hydrogens (tertiary/aromatic N) is 1.